The molecule has 0 bridgehead atoms. The largest absolute Gasteiger partial charge is 0.419 e. The van der Waals surface area contributed by atoms with Gasteiger partial charge in [0.1, 0.15) is 5.41 Å². The standard InChI is InChI=1S/C24H33N3O/c1-2-3-4-5-6-7-8-9-10-11-13-20-14-12-15-21(18-20)22-26-27-23(28-22)24(19-25)16-17-24/h12,14-15,18H,2-11,13,16-17H2,1H3. The Kier molecular flexibility index (Phi) is 7.65. The molecule has 0 unspecified atom stereocenters. The first-order valence-electron chi connectivity index (χ1n) is 11.1. The van der Waals surface area contributed by atoms with Gasteiger partial charge in [0.05, 0.1) is 6.07 Å². The Morgan fingerprint density at radius 2 is 1.64 bits per heavy atom. The molecule has 0 radical (unpaired) electrons. The summed E-state index contributed by atoms with van der Waals surface area (Å²) in [6.07, 6.45) is 16.3. The molecule has 2 aromatic rings. The Morgan fingerprint density at radius 1 is 0.964 bits per heavy atom. The van der Waals surface area contributed by atoms with E-state index < -0.39 is 5.41 Å². The monoisotopic (exact) mass is 379 g/mol. The third kappa shape index (κ3) is 5.67. The van der Waals surface area contributed by atoms with E-state index in [1.54, 1.807) is 0 Å². The molecule has 0 N–H and O–H groups in total. The molecule has 3 rings (SSSR count). The van der Waals surface area contributed by atoms with Gasteiger partial charge in [0.25, 0.3) is 0 Å². The van der Waals surface area contributed by atoms with E-state index in [0.717, 1.165) is 24.8 Å². The predicted octanol–water partition coefficient (Wildman–Crippen LogP) is 6.76. The minimum atomic E-state index is -0.515. The Hall–Kier alpha value is -2.15. The number of benzene rings is 1. The molecule has 1 aliphatic rings. The second kappa shape index (κ2) is 10.4. The average Bonchev–Trinajstić information content (AvgIpc) is 3.37. The van der Waals surface area contributed by atoms with Crippen molar-refractivity contribution < 1.29 is 4.42 Å². The van der Waals surface area contributed by atoms with Gasteiger partial charge in [-0.25, -0.2) is 0 Å². The molecule has 1 heterocycles. The van der Waals surface area contributed by atoms with E-state index in [-0.39, 0.29) is 0 Å². The van der Waals surface area contributed by atoms with Crippen molar-refractivity contribution in [3.8, 4) is 17.5 Å². The minimum absolute atomic E-state index is 0.477. The van der Waals surface area contributed by atoms with E-state index >= 15 is 0 Å². The highest BCUT2D eigenvalue weighted by molar-refractivity contribution is 5.54. The van der Waals surface area contributed by atoms with Crippen molar-refractivity contribution in [2.24, 2.45) is 0 Å². The lowest BCUT2D eigenvalue weighted by Crippen LogP contribution is -2.02. The number of nitrogens with zero attached hydrogens (tertiary/aromatic N) is 3. The Bertz CT molecular complexity index is 770. The first-order chi connectivity index (χ1) is 13.8. The smallest absolute Gasteiger partial charge is 0.247 e. The molecule has 1 fully saturated rings. The molecule has 0 spiro atoms. The van der Waals surface area contributed by atoms with E-state index in [2.05, 4.69) is 41.4 Å². The van der Waals surface area contributed by atoms with Crippen LogP contribution in [-0.2, 0) is 11.8 Å². The summed E-state index contributed by atoms with van der Waals surface area (Å²) >= 11 is 0. The van der Waals surface area contributed by atoms with Crippen LogP contribution in [0.15, 0.2) is 28.7 Å². The van der Waals surface area contributed by atoms with Gasteiger partial charge < -0.3 is 4.42 Å². The number of aromatic nitrogens is 2. The van der Waals surface area contributed by atoms with Gasteiger partial charge in [-0.1, -0.05) is 76.8 Å². The van der Waals surface area contributed by atoms with Gasteiger partial charge in [-0.2, -0.15) is 5.26 Å². The third-order valence-electron chi connectivity index (χ3n) is 5.79. The van der Waals surface area contributed by atoms with Crippen molar-refractivity contribution in [3.63, 3.8) is 0 Å². The SMILES string of the molecule is CCCCCCCCCCCCc1cccc(-c2nnc(C3(C#N)CC3)o2)c1. The Balaban J connectivity index is 1.38. The summed E-state index contributed by atoms with van der Waals surface area (Å²) in [5, 5.41) is 17.6. The summed E-state index contributed by atoms with van der Waals surface area (Å²) in [5.74, 6) is 1.01. The van der Waals surface area contributed by atoms with Gasteiger partial charge >= 0.3 is 0 Å². The molecule has 0 saturated heterocycles. The molecule has 1 aliphatic carbocycles. The van der Waals surface area contributed by atoms with Gasteiger partial charge in [-0.15, -0.1) is 10.2 Å². The highest BCUT2D eigenvalue weighted by atomic mass is 16.4. The lowest BCUT2D eigenvalue weighted by molar-refractivity contribution is 0.481. The van der Waals surface area contributed by atoms with Crippen molar-refractivity contribution >= 4 is 0 Å². The van der Waals surface area contributed by atoms with Crippen LogP contribution >= 0.6 is 0 Å². The fourth-order valence-corrected chi connectivity index (χ4v) is 3.71. The molecule has 1 aromatic carbocycles. The van der Waals surface area contributed by atoms with Crippen molar-refractivity contribution in [2.75, 3.05) is 0 Å². The zero-order chi connectivity index (χ0) is 19.7. The van der Waals surface area contributed by atoms with Crippen molar-refractivity contribution in [1.29, 1.82) is 5.26 Å². The van der Waals surface area contributed by atoms with Crippen LogP contribution in [0.5, 0.6) is 0 Å². The molecule has 1 aromatic heterocycles. The van der Waals surface area contributed by atoms with Gasteiger partial charge in [-0.3, -0.25) is 0 Å². The van der Waals surface area contributed by atoms with Crippen molar-refractivity contribution in [3.05, 3.63) is 35.7 Å². The molecule has 150 valence electrons. The molecular weight excluding hydrogens is 346 g/mol. The quantitative estimate of drug-likeness (QED) is 0.361. The summed E-state index contributed by atoms with van der Waals surface area (Å²) in [7, 11) is 0. The molecule has 1 saturated carbocycles. The first-order valence-corrected chi connectivity index (χ1v) is 11.1. The lowest BCUT2D eigenvalue weighted by atomic mass is 10.0. The van der Waals surface area contributed by atoms with Crippen molar-refractivity contribution in [1.82, 2.24) is 10.2 Å². The third-order valence-corrected chi connectivity index (χ3v) is 5.79. The minimum Gasteiger partial charge on any atom is -0.419 e. The van der Waals surface area contributed by atoms with Gasteiger partial charge in [0.2, 0.25) is 11.8 Å². The topological polar surface area (TPSA) is 62.7 Å². The van der Waals surface area contributed by atoms with Crippen LogP contribution < -0.4 is 0 Å². The van der Waals surface area contributed by atoms with Crippen molar-refractivity contribution in [2.45, 2.75) is 95.8 Å². The van der Waals surface area contributed by atoms with Crippen LogP contribution in [0.1, 0.15) is 95.4 Å². The van der Waals surface area contributed by atoms with E-state index in [4.69, 9.17) is 4.42 Å². The van der Waals surface area contributed by atoms with E-state index in [1.807, 2.05) is 6.07 Å². The molecule has 4 nitrogen and oxygen atoms in total. The molecule has 0 aliphatic heterocycles. The summed E-state index contributed by atoms with van der Waals surface area (Å²) in [6, 6.07) is 10.7. The van der Waals surface area contributed by atoms with Crippen LogP contribution in [0.25, 0.3) is 11.5 Å². The fraction of sp³-hybridized carbons (Fsp3) is 0.625. The summed E-state index contributed by atoms with van der Waals surface area (Å²) in [6.45, 7) is 2.27. The van der Waals surface area contributed by atoms with Crippen LogP contribution in [0.3, 0.4) is 0 Å². The van der Waals surface area contributed by atoms with Gasteiger partial charge in [0.15, 0.2) is 0 Å². The number of aryl methyl sites for hydroxylation is 1. The molecule has 0 amide bonds. The van der Waals surface area contributed by atoms with E-state index in [0.29, 0.717) is 11.8 Å². The summed E-state index contributed by atoms with van der Waals surface area (Å²) in [5.41, 5.74) is 1.76. The maximum absolute atomic E-state index is 9.28. The van der Waals surface area contributed by atoms with Crippen LogP contribution in [0.4, 0.5) is 0 Å². The predicted molar refractivity (Wildman–Crippen MR) is 112 cm³/mol. The highest BCUT2D eigenvalue weighted by Crippen LogP contribution is 2.47. The maximum atomic E-state index is 9.28. The molecule has 28 heavy (non-hydrogen) atoms. The number of nitriles is 1. The molecule has 4 heteroatoms. The highest BCUT2D eigenvalue weighted by Gasteiger charge is 2.50. The average molecular weight is 380 g/mol. The van der Waals surface area contributed by atoms with Gasteiger partial charge in [0, 0.05) is 5.56 Å². The summed E-state index contributed by atoms with van der Waals surface area (Å²) < 4.78 is 5.80. The second-order valence-electron chi connectivity index (χ2n) is 8.24. The molecular formula is C24H33N3O. The molecule has 0 atom stereocenters. The number of hydrogen-bond acceptors (Lipinski definition) is 4. The summed E-state index contributed by atoms with van der Waals surface area (Å²) in [4.78, 5) is 0. The van der Waals surface area contributed by atoms with E-state index in [1.165, 1.54) is 69.8 Å². The van der Waals surface area contributed by atoms with E-state index in [9.17, 15) is 5.26 Å². The first kappa shape index (κ1) is 20.6. The van der Waals surface area contributed by atoms with Gasteiger partial charge in [-0.05, 0) is 43.4 Å². The van der Waals surface area contributed by atoms with Crippen LogP contribution in [-0.4, -0.2) is 10.2 Å². The second-order valence-corrected chi connectivity index (χ2v) is 8.24. The Morgan fingerprint density at radius 3 is 2.29 bits per heavy atom. The normalized spacial score (nSPS) is 14.7. The fourth-order valence-electron chi connectivity index (χ4n) is 3.71. The zero-order valence-electron chi connectivity index (χ0n) is 17.3. The number of rotatable bonds is 13. The number of unbranched alkanes of at least 4 members (excludes halogenated alkanes) is 9. The van der Waals surface area contributed by atoms with Crippen LogP contribution in [0, 0.1) is 11.3 Å². The zero-order valence-corrected chi connectivity index (χ0v) is 17.3. The lowest BCUT2D eigenvalue weighted by Gasteiger charge is -2.04. The maximum Gasteiger partial charge on any atom is 0.247 e. The number of hydrogen-bond donors (Lipinski definition) is 0. The Labute approximate surface area is 169 Å². The van der Waals surface area contributed by atoms with Crippen LogP contribution in [0.2, 0.25) is 0 Å².